The Morgan fingerprint density at radius 1 is 1.17 bits per heavy atom. The van der Waals surface area contributed by atoms with Crippen LogP contribution in [0.4, 0.5) is 0 Å². The number of hydrogen-bond acceptors (Lipinski definition) is 3. The molecule has 0 aliphatic carbocycles. The zero-order valence-corrected chi connectivity index (χ0v) is 13.2. The third kappa shape index (κ3) is 5.48. The first-order valence-electron chi connectivity index (χ1n) is 7.57. The monoisotopic (exact) mass is 308 g/mol. The van der Waals surface area contributed by atoms with Crippen LogP contribution in [0.25, 0.3) is 0 Å². The third-order valence-electron chi connectivity index (χ3n) is 3.41. The molecule has 0 atom stereocenters. The smallest absolute Gasteiger partial charge is 0.260 e. The molecule has 4 nitrogen and oxygen atoms in total. The molecule has 0 heterocycles. The largest absolute Gasteiger partial charge is 0.484 e. The lowest BCUT2D eigenvalue weighted by molar-refractivity contribution is -0.133. The number of aryl methyl sites for hydroxylation is 1. The minimum atomic E-state index is -0.120. The van der Waals surface area contributed by atoms with E-state index < -0.39 is 0 Å². The van der Waals surface area contributed by atoms with Gasteiger partial charge in [-0.1, -0.05) is 42.5 Å². The molecule has 0 aliphatic heterocycles. The van der Waals surface area contributed by atoms with Crippen LogP contribution in [0.5, 0.6) is 5.75 Å². The number of nitrogens with zero attached hydrogens (tertiary/aromatic N) is 2. The third-order valence-corrected chi connectivity index (χ3v) is 3.41. The SMILES string of the molecule is Cc1cccc(OCC(=O)N(CCC#N)Cc2ccccc2)c1. The van der Waals surface area contributed by atoms with Gasteiger partial charge < -0.3 is 9.64 Å². The number of carbonyl (C=O) groups is 1. The van der Waals surface area contributed by atoms with Crippen LogP contribution in [0, 0.1) is 18.3 Å². The maximum atomic E-state index is 12.4. The number of rotatable bonds is 7. The van der Waals surface area contributed by atoms with Crippen molar-refractivity contribution in [2.24, 2.45) is 0 Å². The van der Waals surface area contributed by atoms with E-state index in [4.69, 9.17) is 10.00 Å². The molecule has 2 aromatic carbocycles. The lowest BCUT2D eigenvalue weighted by Gasteiger charge is -2.22. The molecule has 0 aromatic heterocycles. The van der Waals surface area contributed by atoms with Crippen LogP contribution in [0.1, 0.15) is 17.5 Å². The van der Waals surface area contributed by atoms with Gasteiger partial charge in [-0.25, -0.2) is 0 Å². The van der Waals surface area contributed by atoms with Crippen molar-refractivity contribution in [3.63, 3.8) is 0 Å². The molecule has 118 valence electrons. The summed E-state index contributed by atoms with van der Waals surface area (Å²) in [6, 6.07) is 19.4. The van der Waals surface area contributed by atoms with E-state index in [1.807, 2.05) is 61.5 Å². The topological polar surface area (TPSA) is 53.3 Å². The average Bonchev–Trinajstić information content (AvgIpc) is 2.57. The van der Waals surface area contributed by atoms with Crippen molar-refractivity contribution in [1.82, 2.24) is 4.90 Å². The van der Waals surface area contributed by atoms with Crippen LogP contribution in [0.3, 0.4) is 0 Å². The Morgan fingerprint density at radius 2 is 1.96 bits per heavy atom. The highest BCUT2D eigenvalue weighted by Crippen LogP contribution is 2.13. The Labute approximate surface area is 136 Å². The molecule has 0 saturated carbocycles. The second kappa shape index (κ2) is 8.60. The van der Waals surface area contributed by atoms with E-state index in [-0.39, 0.29) is 12.5 Å². The molecule has 0 saturated heterocycles. The highest BCUT2D eigenvalue weighted by atomic mass is 16.5. The number of nitriles is 1. The van der Waals surface area contributed by atoms with E-state index in [1.54, 1.807) is 4.90 Å². The van der Waals surface area contributed by atoms with E-state index in [0.717, 1.165) is 11.1 Å². The van der Waals surface area contributed by atoms with Crippen LogP contribution in [-0.4, -0.2) is 24.0 Å². The Morgan fingerprint density at radius 3 is 2.65 bits per heavy atom. The fourth-order valence-electron chi connectivity index (χ4n) is 2.22. The van der Waals surface area contributed by atoms with Gasteiger partial charge in [-0.2, -0.15) is 5.26 Å². The summed E-state index contributed by atoms with van der Waals surface area (Å²) in [6.07, 6.45) is 0.309. The van der Waals surface area contributed by atoms with Gasteiger partial charge in [0, 0.05) is 13.1 Å². The van der Waals surface area contributed by atoms with E-state index >= 15 is 0 Å². The minimum Gasteiger partial charge on any atom is -0.484 e. The maximum absolute atomic E-state index is 12.4. The van der Waals surface area contributed by atoms with Crippen molar-refractivity contribution in [3.8, 4) is 11.8 Å². The molecule has 0 radical (unpaired) electrons. The zero-order chi connectivity index (χ0) is 16.5. The number of amides is 1. The summed E-state index contributed by atoms with van der Waals surface area (Å²) < 4.78 is 5.57. The molecule has 1 amide bonds. The maximum Gasteiger partial charge on any atom is 0.260 e. The van der Waals surface area contributed by atoms with Crippen LogP contribution in [0.15, 0.2) is 54.6 Å². The highest BCUT2D eigenvalue weighted by molar-refractivity contribution is 5.77. The molecule has 0 spiro atoms. The van der Waals surface area contributed by atoms with Crippen LogP contribution >= 0.6 is 0 Å². The second-order valence-corrected chi connectivity index (χ2v) is 5.31. The predicted molar refractivity (Wildman–Crippen MR) is 88.8 cm³/mol. The standard InChI is InChI=1S/C19H20N2O2/c1-16-7-5-10-18(13-16)23-15-19(22)21(12-6-11-20)14-17-8-3-2-4-9-17/h2-5,7-10,13H,6,12,14-15H2,1H3. The Hall–Kier alpha value is -2.80. The van der Waals surface area contributed by atoms with Gasteiger partial charge in [0.2, 0.25) is 0 Å². The summed E-state index contributed by atoms with van der Waals surface area (Å²) >= 11 is 0. The zero-order valence-electron chi connectivity index (χ0n) is 13.2. The molecular formula is C19H20N2O2. The Kier molecular flexibility index (Phi) is 6.19. The van der Waals surface area contributed by atoms with E-state index in [1.165, 1.54) is 0 Å². The van der Waals surface area contributed by atoms with E-state index in [0.29, 0.717) is 25.3 Å². The first-order chi connectivity index (χ1) is 11.2. The first-order valence-corrected chi connectivity index (χ1v) is 7.57. The highest BCUT2D eigenvalue weighted by Gasteiger charge is 2.14. The van der Waals surface area contributed by atoms with Gasteiger partial charge in [0.15, 0.2) is 6.61 Å². The molecule has 2 aromatic rings. The average molecular weight is 308 g/mol. The van der Waals surface area contributed by atoms with Gasteiger partial charge >= 0.3 is 0 Å². The number of hydrogen-bond donors (Lipinski definition) is 0. The van der Waals surface area contributed by atoms with Crippen molar-refractivity contribution in [1.29, 1.82) is 5.26 Å². The molecule has 0 aliphatic rings. The molecule has 23 heavy (non-hydrogen) atoms. The molecule has 4 heteroatoms. The molecule has 0 bridgehead atoms. The Bertz CT molecular complexity index is 677. The van der Waals surface area contributed by atoms with Crippen molar-refractivity contribution in [2.45, 2.75) is 19.9 Å². The van der Waals surface area contributed by atoms with Crippen molar-refractivity contribution in [3.05, 3.63) is 65.7 Å². The Balaban J connectivity index is 1.97. The lowest BCUT2D eigenvalue weighted by Crippen LogP contribution is -2.35. The van der Waals surface area contributed by atoms with E-state index in [9.17, 15) is 4.79 Å². The van der Waals surface area contributed by atoms with Gasteiger partial charge in [-0.15, -0.1) is 0 Å². The summed E-state index contributed by atoms with van der Waals surface area (Å²) in [5.41, 5.74) is 2.12. The van der Waals surface area contributed by atoms with Crippen molar-refractivity contribution in [2.75, 3.05) is 13.2 Å². The van der Waals surface area contributed by atoms with E-state index in [2.05, 4.69) is 6.07 Å². The van der Waals surface area contributed by atoms with Crippen molar-refractivity contribution < 1.29 is 9.53 Å². The normalized spacial score (nSPS) is 9.91. The van der Waals surface area contributed by atoms with Crippen LogP contribution < -0.4 is 4.74 Å². The van der Waals surface area contributed by atoms with Gasteiger partial charge in [0.1, 0.15) is 5.75 Å². The van der Waals surface area contributed by atoms with Gasteiger partial charge in [-0.3, -0.25) is 4.79 Å². The summed E-state index contributed by atoms with van der Waals surface area (Å²) in [7, 11) is 0. The molecule has 2 rings (SSSR count). The summed E-state index contributed by atoms with van der Waals surface area (Å²) in [6.45, 7) is 2.84. The number of benzene rings is 2. The predicted octanol–water partition coefficient (Wildman–Crippen LogP) is 3.32. The number of ether oxygens (including phenoxy) is 1. The summed E-state index contributed by atoms with van der Waals surface area (Å²) in [5.74, 6) is 0.559. The summed E-state index contributed by atoms with van der Waals surface area (Å²) in [5, 5.41) is 8.78. The second-order valence-electron chi connectivity index (χ2n) is 5.31. The molecule has 0 N–H and O–H groups in total. The minimum absolute atomic E-state index is 0.0261. The van der Waals surface area contributed by atoms with Crippen molar-refractivity contribution >= 4 is 5.91 Å². The summed E-state index contributed by atoms with van der Waals surface area (Å²) in [4.78, 5) is 14.1. The molecule has 0 unspecified atom stereocenters. The van der Waals surface area contributed by atoms with Gasteiger partial charge in [0.05, 0.1) is 12.5 Å². The van der Waals surface area contributed by atoms with Gasteiger partial charge in [0.25, 0.3) is 5.91 Å². The lowest BCUT2D eigenvalue weighted by atomic mass is 10.2. The first kappa shape index (κ1) is 16.6. The fraction of sp³-hybridized carbons (Fsp3) is 0.263. The van der Waals surface area contributed by atoms with Crippen LogP contribution in [0.2, 0.25) is 0 Å². The number of carbonyl (C=O) groups excluding carboxylic acids is 1. The fourth-order valence-corrected chi connectivity index (χ4v) is 2.22. The van der Waals surface area contributed by atoms with Gasteiger partial charge in [-0.05, 0) is 30.2 Å². The van der Waals surface area contributed by atoms with Crippen LogP contribution in [-0.2, 0) is 11.3 Å². The molecular weight excluding hydrogens is 288 g/mol. The molecule has 0 fully saturated rings. The quantitative estimate of drug-likeness (QED) is 0.788.